The molecule has 1 heterocycles. The van der Waals surface area contributed by atoms with Crippen molar-refractivity contribution in [3.8, 4) is 22.8 Å². The number of aromatic nitrogens is 2. The summed E-state index contributed by atoms with van der Waals surface area (Å²) < 4.78 is 11.1. The van der Waals surface area contributed by atoms with Crippen molar-refractivity contribution < 1.29 is 9.47 Å². The lowest BCUT2D eigenvalue weighted by molar-refractivity contribution is 0.306. The topological polar surface area (TPSA) is 88.6 Å². The zero-order valence-corrected chi connectivity index (χ0v) is 17.5. The Balaban J connectivity index is 1.47. The Morgan fingerprint density at radius 1 is 1.00 bits per heavy atom. The van der Waals surface area contributed by atoms with Crippen LogP contribution >= 0.6 is 0 Å². The largest absolute Gasteiger partial charge is 0.497 e. The first-order valence-corrected chi connectivity index (χ1v) is 10.0. The number of H-pyrrole nitrogens is 1. The van der Waals surface area contributed by atoms with E-state index in [-0.39, 0.29) is 11.5 Å². The van der Waals surface area contributed by atoms with E-state index in [0.29, 0.717) is 18.1 Å². The van der Waals surface area contributed by atoms with Crippen LogP contribution in [0, 0.1) is 0 Å². The van der Waals surface area contributed by atoms with E-state index in [4.69, 9.17) is 9.47 Å². The Morgan fingerprint density at radius 2 is 1.75 bits per heavy atom. The Kier molecular flexibility index (Phi) is 6.57. The van der Waals surface area contributed by atoms with E-state index in [1.54, 1.807) is 13.3 Å². The molecule has 0 spiro atoms. The molecule has 3 aromatic carbocycles. The Hall–Kier alpha value is -4.39. The molecule has 32 heavy (non-hydrogen) atoms. The quantitative estimate of drug-likeness (QED) is 0.321. The molecular weight excluding hydrogens is 404 g/mol. The van der Waals surface area contributed by atoms with E-state index in [1.807, 2.05) is 78.9 Å². The van der Waals surface area contributed by atoms with Gasteiger partial charge in [-0.05, 0) is 42.0 Å². The van der Waals surface area contributed by atoms with Crippen LogP contribution in [0.3, 0.4) is 0 Å². The molecule has 7 heteroatoms. The second-order valence-electron chi connectivity index (χ2n) is 6.89. The van der Waals surface area contributed by atoms with Crippen molar-refractivity contribution in [2.45, 2.75) is 6.61 Å². The molecule has 0 saturated heterocycles. The second kappa shape index (κ2) is 10.1. The van der Waals surface area contributed by atoms with E-state index in [2.05, 4.69) is 20.5 Å². The van der Waals surface area contributed by atoms with Crippen LogP contribution in [-0.4, -0.2) is 23.3 Å². The maximum absolute atomic E-state index is 12.1. The van der Waals surface area contributed by atoms with Gasteiger partial charge in [-0.3, -0.25) is 9.78 Å². The van der Waals surface area contributed by atoms with Crippen LogP contribution in [0.1, 0.15) is 11.1 Å². The molecule has 4 rings (SSSR count). The SMILES string of the molecule is COc1ccc(-c2cc(=O)[nH]c(N/N=C\c3ccccc3OCc3ccccc3)n2)cc1. The number of para-hydroxylation sites is 1. The highest BCUT2D eigenvalue weighted by Crippen LogP contribution is 2.20. The highest BCUT2D eigenvalue weighted by Gasteiger charge is 2.05. The normalized spacial score (nSPS) is 10.8. The third kappa shape index (κ3) is 5.40. The van der Waals surface area contributed by atoms with E-state index in [1.165, 1.54) is 6.07 Å². The summed E-state index contributed by atoms with van der Waals surface area (Å²) in [5.41, 5.74) is 5.71. The number of hydrazone groups is 1. The molecule has 0 amide bonds. The number of anilines is 1. The number of aromatic amines is 1. The molecule has 160 valence electrons. The molecule has 0 unspecified atom stereocenters. The van der Waals surface area contributed by atoms with Crippen LogP contribution < -0.4 is 20.5 Å². The summed E-state index contributed by atoms with van der Waals surface area (Å²) in [4.78, 5) is 19.2. The Labute approximate surface area is 185 Å². The molecule has 0 radical (unpaired) electrons. The van der Waals surface area contributed by atoms with Crippen molar-refractivity contribution in [1.82, 2.24) is 9.97 Å². The van der Waals surface area contributed by atoms with E-state index < -0.39 is 0 Å². The highest BCUT2D eigenvalue weighted by atomic mass is 16.5. The summed E-state index contributed by atoms with van der Waals surface area (Å²) >= 11 is 0. The van der Waals surface area contributed by atoms with Crippen LogP contribution in [0.5, 0.6) is 11.5 Å². The summed E-state index contributed by atoms with van der Waals surface area (Å²) in [5.74, 6) is 1.67. The van der Waals surface area contributed by atoms with Crippen molar-refractivity contribution in [1.29, 1.82) is 0 Å². The average molecular weight is 426 g/mol. The number of benzene rings is 3. The van der Waals surface area contributed by atoms with Gasteiger partial charge in [0.05, 0.1) is 19.0 Å². The van der Waals surface area contributed by atoms with Gasteiger partial charge in [-0.25, -0.2) is 10.4 Å². The number of ether oxygens (including phenoxy) is 2. The first kappa shape index (κ1) is 20.9. The molecule has 0 aliphatic rings. The fraction of sp³-hybridized carbons (Fsp3) is 0.0800. The van der Waals surface area contributed by atoms with Gasteiger partial charge in [0, 0.05) is 17.2 Å². The highest BCUT2D eigenvalue weighted by molar-refractivity contribution is 5.83. The zero-order chi connectivity index (χ0) is 22.2. The molecular formula is C25H22N4O3. The molecule has 0 atom stereocenters. The Morgan fingerprint density at radius 3 is 2.53 bits per heavy atom. The van der Waals surface area contributed by atoms with E-state index >= 15 is 0 Å². The molecule has 4 aromatic rings. The van der Waals surface area contributed by atoms with E-state index in [0.717, 1.165) is 22.4 Å². The first-order chi connectivity index (χ1) is 15.7. The molecule has 1 aromatic heterocycles. The zero-order valence-electron chi connectivity index (χ0n) is 17.5. The lowest BCUT2D eigenvalue weighted by Gasteiger charge is -2.09. The minimum Gasteiger partial charge on any atom is -0.497 e. The molecule has 0 bridgehead atoms. The van der Waals surface area contributed by atoms with Crippen molar-refractivity contribution in [2.75, 3.05) is 12.5 Å². The summed E-state index contributed by atoms with van der Waals surface area (Å²) in [7, 11) is 1.60. The monoisotopic (exact) mass is 426 g/mol. The minimum absolute atomic E-state index is 0.238. The lowest BCUT2D eigenvalue weighted by atomic mass is 10.1. The van der Waals surface area contributed by atoms with Gasteiger partial charge in [0.2, 0.25) is 5.95 Å². The van der Waals surface area contributed by atoms with Crippen LogP contribution in [0.25, 0.3) is 11.3 Å². The van der Waals surface area contributed by atoms with Crippen LogP contribution in [0.15, 0.2) is 94.8 Å². The van der Waals surface area contributed by atoms with Crippen molar-refractivity contribution >= 4 is 12.2 Å². The fourth-order valence-electron chi connectivity index (χ4n) is 3.04. The van der Waals surface area contributed by atoms with Crippen molar-refractivity contribution in [3.05, 3.63) is 106 Å². The van der Waals surface area contributed by atoms with Gasteiger partial charge in [-0.1, -0.05) is 42.5 Å². The van der Waals surface area contributed by atoms with Gasteiger partial charge in [-0.2, -0.15) is 5.10 Å². The standard InChI is InChI=1S/C25H22N4O3/c1-31-21-13-11-19(12-14-21)22-15-24(30)28-25(27-22)29-26-16-20-9-5-6-10-23(20)32-17-18-7-3-2-4-8-18/h2-16H,17H2,1H3,(H2,27,28,29,30)/b26-16-. The molecule has 2 N–H and O–H groups in total. The third-order valence-electron chi connectivity index (χ3n) is 4.66. The summed E-state index contributed by atoms with van der Waals surface area (Å²) in [6.07, 6.45) is 1.63. The van der Waals surface area contributed by atoms with Crippen molar-refractivity contribution in [3.63, 3.8) is 0 Å². The molecule has 0 fully saturated rings. The third-order valence-corrected chi connectivity index (χ3v) is 4.66. The maximum atomic E-state index is 12.1. The van der Waals surface area contributed by atoms with Crippen LogP contribution in [0.2, 0.25) is 0 Å². The van der Waals surface area contributed by atoms with Gasteiger partial charge in [-0.15, -0.1) is 0 Å². The average Bonchev–Trinajstić information content (AvgIpc) is 2.84. The number of nitrogens with zero attached hydrogens (tertiary/aromatic N) is 2. The van der Waals surface area contributed by atoms with Gasteiger partial charge < -0.3 is 9.47 Å². The fourth-order valence-corrected chi connectivity index (χ4v) is 3.04. The molecule has 0 saturated carbocycles. The summed E-state index contributed by atoms with van der Waals surface area (Å²) in [6, 6.07) is 26.3. The number of hydrogen-bond acceptors (Lipinski definition) is 6. The lowest BCUT2D eigenvalue weighted by Crippen LogP contribution is -2.10. The first-order valence-electron chi connectivity index (χ1n) is 10.0. The molecule has 0 aliphatic carbocycles. The van der Waals surface area contributed by atoms with Crippen LogP contribution in [0.4, 0.5) is 5.95 Å². The molecule has 0 aliphatic heterocycles. The number of rotatable bonds is 8. The minimum atomic E-state index is -0.282. The Bertz CT molecular complexity index is 1250. The summed E-state index contributed by atoms with van der Waals surface area (Å²) in [6.45, 7) is 0.456. The smallest absolute Gasteiger partial charge is 0.252 e. The van der Waals surface area contributed by atoms with Crippen LogP contribution in [-0.2, 0) is 6.61 Å². The summed E-state index contributed by atoms with van der Waals surface area (Å²) in [5, 5.41) is 4.22. The van der Waals surface area contributed by atoms with Gasteiger partial charge in [0.25, 0.3) is 5.56 Å². The van der Waals surface area contributed by atoms with E-state index in [9.17, 15) is 4.79 Å². The number of nitrogens with one attached hydrogen (secondary N) is 2. The number of methoxy groups -OCH3 is 1. The van der Waals surface area contributed by atoms with Gasteiger partial charge in [0.1, 0.15) is 18.1 Å². The predicted octanol–water partition coefficient (Wildman–Crippen LogP) is 4.47. The van der Waals surface area contributed by atoms with Gasteiger partial charge in [0.15, 0.2) is 0 Å². The second-order valence-corrected chi connectivity index (χ2v) is 6.89. The molecule has 7 nitrogen and oxygen atoms in total. The van der Waals surface area contributed by atoms with Gasteiger partial charge >= 0.3 is 0 Å². The predicted molar refractivity (Wildman–Crippen MR) is 125 cm³/mol. The maximum Gasteiger partial charge on any atom is 0.252 e. The van der Waals surface area contributed by atoms with Crippen molar-refractivity contribution in [2.24, 2.45) is 5.10 Å². The number of hydrogen-bond donors (Lipinski definition) is 2.